The van der Waals surface area contributed by atoms with E-state index >= 15 is 0 Å². The highest BCUT2D eigenvalue weighted by molar-refractivity contribution is 7.89. The Morgan fingerprint density at radius 3 is 2.12 bits per heavy atom. The van der Waals surface area contributed by atoms with Gasteiger partial charge in [0, 0.05) is 11.8 Å². The van der Waals surface area contributed by atoms with Crippen LogP contribution in [0.25, 0.3) is 0 Å². The van der Waals surface area contributed by atoms with Crippen molar-refractivity contribution in [1.29, 1.82) is 0 Å². The number of hydrazine groups is 1. The third-order valence-electron chi connectivity index (χ3n) is 3.30. The lowest BCUT2D eigenvalue weighted by Crippen LogP contribution is -2.50. The highest BCUT2D eigenvalue weighted by Gasteiger charge is 2.41. The zero-order chi connectivity index (χ0) is 20.5. The van der Waals surface area contributed by atoms with Crippen molar-refractivity contribution in [3.05, 3.63) is 0 Å². The molecule has 0 aromatic carbocycles. The lowest BCUT2D eigenvalue weighted by Gasteiger charge is -2.29. The van der Waals surface area contributed by atoms with Crippen LogP contribution in [0.3, 0.4) is 0 Å². The van der Waals surface area contributed by atoms with E-state index in [1.807, 2.05) is 0 Å². The van der Waals surface area contributed by atoms with E-state index in [1.54, 1.807) is 41.5 Å². The van der Waals surface area contributed by atoms with Gasteiger partial charge in [0.25, 0.3) is 10.0 Å². The number of carbonyl (C=O) groups is 2. The van der Waals surface area contributed by atoms with Crippen LogP contribution in [0.4, 0.5) is 9.59 Å². The van der Waals surface area contributed by atoms with Crippen molar-refractivity contribution >= 4 is 34.8 Å². The summed E-state index contributed by atoms with van der Waals surface area (Å²) in [5, 5.41) is -0.199. The molecular weight excluding hydrogens is 382 g/mol. The molecule has 0 bridgehead atoms. The summed E-state index contributed by atoms with van der Waals surface area (Å²) in [7, 11) is -4.20. The maximum absolute atomic E-state index is 12.5. The van der Waals surface area contributed by atoms with Crippen molar-refractivity contribution in [1.82, 2.24) is 9.31 Å². The smallest absolute Gasteiger partial charge is 0.439 e. The number of rotatable bonds is 3. The minimum absolute atomic E-state index is 0.0807. The van der Waals surface area contributed by atoms with Gasteiger partial charge in [0.1, 0.15) is 11.2 Å². The fourth-order valence-corrected chi connectivity index (χ4v) is 3.98. The maximum Gasteiger partial charge on any atom is 0.439 e. The highest BCUT2D eigenvalue weighted by Crippen LogP contribution is 2.26. The van der Waals surface area contributed by atoms with Crippen LogP contribution in [0.1, 0.15) is 48.0 Å². The molecule has 0 aromatic heterocycles. The number of carbonyl (C=O) groups excluding carboxylic acids is 2. The van der Waals surface area contributed by atoms with Gasteiger partial charge >= 0.3 is 12.2 Å². The van der Waals surface area contributed by atoms with Crippen LogP contribution in [0.5, 0.6) is 0 Å². The van der Waals surface area contributed by atoms with Gasteiger partial charge in [0.05, 0.1) is 11.8 Å². The third-order valence-corrected chi connectivity index (χ3v) is 5.23. The number of ether oxygens (including phenoxy) is 2. The molecule has 152 valence electrons. The maximum atomic E-state index is 12.5. The number of likely N-dealkylation sites (tertiary alicyclic amines) is 1. The molecule has 0 spiro atoms. The van der Waals surface area contributed by atoms with Crippen LogP contribution >= 0.6 is 12.6 Å². The van der Waals surface area contributed by atoms with E-state index in [0.29, 0.717) is 6.42 Å². The zero-order valence-corrected chi connectivity index (χ0v) is 17.8. The first-order valence-corrected chi connectivity index (χ1v) is 10.3. The lowest BCUT2D eigenvalue weighted by molar-refractivity contribution is 0.0241. The van der Waals surface area contributed by atoms with E-state index in [9.17, 15) is 18.0 Å². The molecule has 2 unspecified atom stereocenters. The van der Waals surface area contributed by atoms with Crippen molar-refractivity contribution in [2.24, 2.45) is 5.84 Å². The summed E-state index contributed by atoms with van der Waals surface area (Å²) in [5.41, 5.74) is -1.61. The molecule has 1 saturated heterocycles. The van der Waals surface area contributed by atoms with Crippen molar-refractivity contribution < 1.29 is 27.5 Å². The number of thiol groups is 1. The van der Waals surface area contributed by atoms with E-state index in [-0.39, 0.29) is 16.2 Å². The van der Waals surface area contributed by atoms with Gasteiger partial charge in [-0.2, -0.15) is 12.6 Å². The molecule has 0 saturated carbocycles. The van der Waals surface area contributed by atoms with Gasteiger partial charge in [0.2, 0.25) is 0 Å². The second-order valence-electron chi connectivity index (χ2n) is 8.23. The topological polar surface area (TPSA) is 119 Å². The molecule has 0 radical (unpaired) electrons. The van der Waals surface area contributed by atoms with Crippen LogP contribution in [0.2, 0.25) is 0 Å². The van der Waals surface area contributed by atoms with Crippen molar-refractivity contribution in [2.75, 3.05) is 12.3 Å². The quantitative estimate of drug-likeness (QED) is 0.314. The van der Waals surface area contributed by atoms with E-state index in [4.69, 9.17) is 15.3 Å². The second-order valence-corrected chi connectivity index (χ2v) is 10.9. The number of amides is 2. The van der Waals surface area contributed by atoms with Crippen LogP contribution in [0.15, 0.2) is 0 Å². The first-order chi connectivity index (χ1) is 11.5. The molecule has 1 fully saturated rings. The van der Waals surface area contributed by atoms with E-state index in [1.165, 1.54) is 4.90 Å². The standard InChI is InChI=1S/C15H29N3O6S2/c1-14(2,3)23-12(19)17-8-11(25)7-10(17)9-26(21,22)18(16)13(20)24-15(4,5)6/h10-11,25H,7-9,16H2,1-6H3. The molecule has 9 nitrogen and oxygen atoms in total. The Morgan fingerprint density at radius 1 is 1.15 bits per heavy atom. The number of nitrogens with zero attached hydrogens (tertiary/aromatic N) is 2. The number of sulfonamides is 1. The normalized spacial score (nSPS) is 21.5. The van der Waals surface area contributed by atoms with Gasteiger partial charge in [-0.05, 0) is 48.0 Å². The van der Waals surface area contributed by atoms with Crippen molar-refractivity contribution in [3.63, 3.8) is 0 Å². The molecule has 1 heterocycles. The van der Waals surface area contributed by atoms with Gasteiger partial charge in [-0.3, -0.25) is 0 Å². The fourth-order valence-electron chi connectivity index (χ4n) is 2.34. The molecule has 11 heteroatoms. The average Bonchev–Trinajstić information content (AvgIpc) is 2.74. The Hall–Kier alpha value is -1.20. The molecule has 2 amide bonds. The Kier molecular flexibility index (Phi) is 6.86. The summed E-state index contributed by atoms with van der Waals surface area (Å²) in [6, 6.07) is -0.703. The molecule has 1 aliphatic rings. The van der Waals surface area contributed by atoms with Gasteiger partial charge in [0.15, 0.2) is 0 Å². The fraction of sp³-hybridized carbons (Fsp3) is 0.867. The molecule has 26 heavy (non-hydrogen) atoms. The molecule has 1 aliphatic heterocycles. The molecular formula is C15H29N3O6S2. The summed E-state index contributed by atoms with van der Waals surface area (Å²) >= 11 is 4.33. The summed E-state index contributed by atoms with van der Waals surface area (Å²) in [6.07, 6.45) is -1.47. The molecule has 0 aromatic rings. The Morgan fingerprint density at radius 2 is 1.65 bits per heavy atom. The minimum atomic E-state index is -4.20. The Bertz CT molecular complexity index is 639. The van der Waals surface area contributed by atoms with E-state index < -0.39 is 45.2 Å². The predicted octanol–water partition coefficient (Wildman–Crippen LogP) is 1.73. The zero-order valence-electron chi connectivity index (χ0n) is 16.1. The molecule has 2 atom stereocenters. The van der Waals surface area contributed by atoms with Crippen LogP contribution in [0, 0.1) is 0 Å². The van der Waals surface area contributed by atoms with Crippen molar-refractivity contribution in [2.45, 2.75) is 70.5 Å². The third kappa shape index (κ3) is 6.84. The molecule has 1 rings (SSSR count). The van der Waals surface area contributed by atoms with Crippen molar-refractivity contribution in [3.8, 4) is 0 Å². The SMILES string of the molecule is CC(C)(C)OC(=O)N1CC(S)CC1CS(=O)(=O)N(N)C(=O)OC(C)(C)C. The summed E-state index contributed by atoms with van der Waals surface area (Å²) < 4.78 is 35.3. The summed E-state index contributed by atoms with van der Waals surface area (Å²) in [6.45, 7) is 10.2. The first kappa shape index (κ1) is 22.8. The summed E-state index contributed by atoms with van der Waals surface area (Å²) in [5.74, 6) is 4.93. The predicted molar refractivity (Wildman–Crippen MR) is 100 cm³/mol. The minimum Gasteiger partial charge on any atom is -0.444 e. The number of hydrogen-bond donors (Lipinski definition) is 2. The molecule has 0 aliphatic carbocycles. The molecule has 2 N–H and O–H groups in total. The van der Waals surface area contributed by atoms with Gasteiger partial charge < -0.3 is 14.4 Å². The van der Waals surface area contributed by atoms with Crippen LogP contribution in [-0.4, -0.2) is 64.7 Å². The van der Waals surface area contributed by atoms with Gasteiger partial charge in [-0.1, -0.05) is 0 Å². The monoisotopic (exact) mass is 411 g/mol. The Labute approximate surface area is 160 Å². The van der Waals surface area contributed by atoms with E-state index in [0.717, 1.165) is 0 Å². The van der Waals surface area contributed by atoms with Crippen LogP contribution in [-0.2, 0) is 19.5 Å². The van der Waals surface area contributed by atoms with Crippen LogP contribution < -0.4 is 5.84 Å². The first-order valence-electron chi connectivity index (χ1n) is 8.20. The second kappa shape index (κ2) is 7.81. The summed E-state index contributed by atoms with van der Waals surface area (Å²) in [4.78, 5) is 25.6. The van der Waals surface area contributed by atoms with Gasteiger partial charge in [-0.25, -0.2) is 23.8 Å². The van der Waals surface area contributed by atoms with E-state index in [2.05, 4.69) is 12.6 Å². The average molecular weight is 412 g/mol. The Balaban J connectivity index is 2.89. The number of hydrogen-bond acceptors (Lipinski definition) is 8. The largest absolute Gasteiger partial charge is 0.444 e. The highest BCUT2D eigenvalue weighted by atomic mass is 32.2. The number of nitrogens with two attached hydrogens (primary N) is 1. The van der Waals surface area contributed by atoms with Gasteiger partial charge in [-0.15, -0.1) is 4.41 Å². The lowest BCUT2D eigenvalue weighted by atomic mass is 10.2.